The quantitative estimate of drug-likeness (QED) is 0.810. The van der Waals surface area contributed by atoms with Crippen molar-refractivity contribution < 1.29 is 9.47 Å². The number of hydrogen-bond donors (Lipinski definition) is 2. The predicted octanol–water partition coefficient (Wildman–Crippen LogP) is 3.99. The molecular formula is C19H23N3O2S. The number of ether oxygens (including phenoxy) is 2. The van der Waals surface area contributed by atoms with Gasteiger partial charge in [-0.2, -0.15) is 0 Å². The van der Waals surface area contributed by atoms with Crippen LogP contribution in [-0.2, 0) is 0 Å². The van der Waals surface area contributed by atoms with Gasteiger partial charge in [0.1, 0.15) is 22.9 Å². The predicted molar refractivity (Wildman–Crippen MR) is 103 cm³/mol. The zero-order valence-corrected chi connectivity index (χ0v) is 15.7. The number of anilines is 1. The monoisotopic (exact) mass is 357 g/mol. The number of pyridine rings is 1. The first-order valence-corrected chi connectivity index (χ1v) is 8.65. The first-order chi connectivity index (χ1) is 11.9. The van der Waals surface area contributed by atoms with Gasteiger partial charge in [0.05, 0.1) is 13.2 Å². The number of thiocarbonyl (C=S) groups is 1. The molecule has 2 N–H and O–H groups in total. The molecule has 1 aromatic carbocycles. The molecule has 2 aromatic rings. The molecule has 0 spiro atoms. The Morgan fingerprint density at radius 2 is 2.16 bits per heavy atom. The van der Waals surface area contributed by atoms with Gasteiger partial charge < -0.3 is 20.1 Å². The molecule has 1 atom stereocenters. The molecule has 0 amide bonds. The van der Waals surface area contributed by atoms with E-state index in [0.717, 1.165) is 34.9 Å². The molecule has 5 nitrogen and oxygen atoms in total. The average molecular weight is 357 g/mol. The fourth-order valence-corrected chi connectivity index (χ4v) is 3.24. The second-order valence-electron chi connectivity index (χ2n) is 6.79. The van der Waals surface area contributed by atoms with E-state index in [1.165, 1.54) is 0 Å². The van der Waals surface area contributed by atoms with Gasteiger partial charge in [-0.3, -0.25) is 0 Å². The van der Waals surface area contributed by atoms with Crippen molar-refractivity contribution in [2.75, 3.05) is 12.4 Å². The Bertz CT molecular complexity index is 792. The van der Waals surface area contributed by atoms with E-state index < -0.39 is 0 Å². The lowest BCUT2D eigenvalue weighted by atomic mass is 9.89. The Labute approximate surface area is 153 Å². The number of rotatable bonds is 3. The Morgan fingerprint density at radius 1 is 1.36 bits per heavy atom. The number of fused-ring (bicyclic) bond motifs is 1. The fourth-order valence-electron chi connectivity index (χ4n) is 3.01. The molecule has 2 heterocycles. The summed E-state index contributed by atoms with van der Waals surface area (Å²) in [4.78, 5) is 4.33. The SMILES string of the molecule is COc1ccc2c(c1)OC(C)(C)CC2NC(=S)Nc1ncccc1C. The summed E-state index contributed by atoms with van der Waals surface area (Å²) in [6, 6.07) is 9.83. The smallest absolute Gasteiger partial charge is 0.172 e. The molecule has 0 saturated carbocycles. The second kappa shape index (κ2) is 6.88. The number of nitrogens with one attached hydrogen (secondary N) is 2. The van der Waals surface area contributed by atoms with Crippen molar-refractivity contribution in [3.05, 3.63) is 47.7 Å². The van der Waals surface area contributed by atoms with Crippen molar-refractivity contribution in [3.8, 4) is 11.5 Å². The maximum absolute atomic E-state index is 6.11. The molecule has 3 rings (SSSR count). The molecule has 6 heteroatoms. The van der Waals surface area contributed by atoms with E-state index in [1.54, 1.807) is 13.3 Å². The summed E-state index contributed by atoms with van der Waals surface area (Å²) in [6.07, 6.45) is 2.55. The first kappa shape index (κ1) is 17.5. The van der Waals surface area contributed by atoms with Gasteiger partial charge in [0.15, 0.2) is 5.11 Å². The van der Waals surface area contributed by atoms with Crippen molar-refractivity contribution in [1.82, 2.24) is 10.3 Å². The summed E-state index contributed by atoms with van der Waals surface area (Å²) in [5.41, 5.74) is 1.82. The standard InChI is InChI=1S/C19H23N3O2S/c1-12-6-5-9-20-17(12)22-18(25)21-15-11-19(2,3)24-16-10-13(23-4)7-8-14(15)16/h5-10,15H,11H2,1-4H3,(H2,20,21,22,25). The van der Waals surface area contributed by atoms with Gasteiger partial charge in [-0.05, 0) is 56.8 Å². The zero-order chi connectivity index (χ0) is 18.0. The second-order valence-corrected chi connectivity index (χ2v) is 7.20. The molecule has 1 unspecified atom stereocenters. The Morgan fingerprint density at radius 3 is 2.88 bits per heavy atom. The van der Waals surface area contributed by atoms with Crippen LogP contribution < -0.4 is 20.1 Å². The highest BCUT2D eigenvalue weighted by Crippen LogP contribution is 2.41. The number of aromatic nitrogens is 1. The van der Waals surface area contributed by atoms with Gasteiger partial charge in [0, 0.05) is 24.2 Å². The van der Waals surface area contributed by atoms with Crippen molar-refractivity contribution in [1.29, 1.82) is 0 Å². The first-order valence-electron chi connectivity index (χ1n) is 8.24. The summed E-state index contributed by atoms with van der Waals surface area (Å²) >= 11 is 5.50. The molecule has 0 bridgehead atoms. The summed E-state index contributed by atoms with van der Waals surface area (Å²) in [5, 5.41) is 7.13. The van der Waals surface area contributed by atoms with Crippen LogP contribution in [0.15, 0.2) is 36.5 Å². The van der Waals surface area contributed by atoms with Crippen LogP contribution in [0.1, 0.15) is 37.4 Å². The molecule has 25 heavy (non-hydrogen) atoms. The highest BCUT2D eigenvalue weighted by molar-refractivity contribution is 7.80. The van der Waals surface area contributed by atoms with Gasteiger partial charge in [0.25, 0.3) is 0 Å². The fraction of sp³-hybridized carbons (Fsp3) is 0.368. The van der Waals surface area contributed by atoms with E-state index >= 15 is 0 Å². The van der Waals surface area contributed by atoms with Gasteiger partial charge in [-0.15, -0.1) is 0 Å². The van der Waals surface area contributed by atoms with Crippen molar-refractivity contribution in [3.63, 3.8) is 0 Å². The number of methoxy groups -OCH3 is 1. The lowest BCUT2D eigenvalue weighted by Crippen LogP contribution is -2.42. The van der Waals surface area contributed by atoms with Crippen LogP contribution in [-0.4, -0.2) is 22.8 Å². The van der Waals surface area contributed by atoms with Gasteiger partial charge in [-0.25, -0.2) is 4.98 Å². The van der Waals surface area contributed by atoms with Crippen LogP contribution in [0.2, 0.25) is 0 Å². The van der Waals surface area contributed by atoms with Crippen LogP contribution >= 0.6 is 12.2 Å². The molecule has 0 radical (unpaired) electrons. The van der Waals surface area contributed by atoms with E-state index in [1.807, 2.05) is 37.3 Å². The van der Waals surface area contributed by atoms with E-state index in [-0.39, 0.29) is 11.6 Å². The minimum atomic E-state index is -0.298. The van der Waals surface area contributed by atoms with Crippen LogP contribution in [0, 0.1) is 6.92 Å². The lowest BCUT2D eigenvalue weighted by Gasteiger charge is -2.38. The van der Waals surface area contributed by atoms with E-state index in [9.17, 15) is 0 Å². The number of nitrogens with zero attached hydrogens (tertiary/aromatic N) is 1. The van der Waals surface area contributed by atoms with Crippen LogP contribution in [0.25, 0.3) is 0 Å². The molecule has 132 valence electrons. The van der Waals surface area contributed by atoms with Crippen molar-refractivity contribution in [2.24, 2.45) is 0 Å². The van der Waals surface area contributed by atoms with E-state index in [0.29, 0.717) is 5.11 Å². The maximum Gasteiger partial charge on any atom is 0.172 e. The molecule has 0 fully saturated rings. The highest BCUT2D eigenvalue weighted by atomic mass is 32.1. The third-order valence-electron chi connectivity index (χ3n) is 4.22. The minimum Gasteiger partial charge on any atom is -0.497 e. The summed E-state index contributed by atoms with van der Waals surface area (Å²) in [5.74, 6) is 2.37. The van der Waals surface area contributed by atoms with Crippen LogP contribution in [0.3, 0.4) is 0 Å². The Balaban J connectivity index is 1.80. The molecule has 1 aliphatic heterocycles. The Kier molecular flexibility index (Phi) is 4.81. The van der Waals surface area contributed by atoms with Crippen molar-refractivity contribution >= 4 is 23.1 Å². The molecule has 0 saturated heterocycles. The zero-order valence-electron chi connectivity index (χ0n) is 14.9. The van der Waals surface area contributed by atoms with Crippen LogP contribution in [0.4, 0.5) is 5.82 Å². The molecule has 1 aromatic heterocycles. The van der Waals surface area contributed by atoms with Gasteiger partial charge in [-0.1, -0.05) is 6.07 Å². The summed E-state index contributed by atoms with van der Waals surface area (Å²) < 4.78 is 11.4. The largest absolute Gasteiger partial charge is 0.497 e. The normalized spacial score (nSPS) is 17.8. The summed E-state index contributed by atoms with van der Waals surface area (Å²) in [6.45, 7) is 6.14. The van der Waals surface area contributed by atoms with Crippen LogP contribution in [0.5, 0.6) is 11.5 Å². The number of benzene rings is 1. The number of hydrogen-bond acceptors (Lipinski definition) is 4. The third-order valence-corrected chi connectivity index (χ3v) is 4.44. The Hall–Kier alpha value is -2.34. The van der Waals surface area contributed by atoms with E-state index in [2.05, 4.69) is 29.5 Å². The summed E-state index contributed by atoms with van der Waals surface area (Å²) in [7, 11) is 1.65. The van der Waals surface area contributed by atoms with Gasteiger partial charge >= 0.3 is 0 Å². The minimum absolute atomic E-state index is 0.0497. The third kappa shape index (κ3) is 4.02. The molecular weight excluding hydrogens is 334 g/mol. The lowest BCUT2D eigenvalue weighted by molar-refractivity contribution is 0.0693. The average Bonchev–Trinajstić information content (AvgIpc) is 2.55. The van der Waals surface area contributed by atoms with Crippen molar-refractivity contribution in [2.45, 2.75) is 38.8 Å². The number of aryl methyl sites for hydroxylation is 1. The topological polar surface area (TPSA) is 55.4 Å². The van der Waals surface area contributed by atoms with Gasteiger partial charge in [0.2, 0.25) is 0 Å². The molecule has 1 aliphatic rings. The highest BCUT2D eigenvalue weighted by Gasteiger charge is 2.34. The molecule has 0 aliphatic carbocycles. The maximum atomic E-state index is 6.11. The van der Waals surface area contributed by atoms with E-state index in [4.69, 9.17) is 21.7 Å².